The fraction of sp³-hybridized carbons (Fsp3) is 0.533. The van der Waals surface area contributed by atoms with Crippen LogP contribution >= 0.6 is 11.3 Å². The van der Waals surface area contributed by atoms with Crippen molar-refractivity contribution >= 4 is 17.3 Å². The summed E-state index contributed by atoms with van der Waals surface area (Å²) in [6.45, 7) is 4.75. The zero-order valence-electron chi connectivity index (χ0n) is 12.3. The van der Waals surface area contributed by atoms with Gasteiger partial charge in [-0.1, -0.05) is 0 Å². The maximum atomic E-state index is 5.99. The van der Waals surface area contributed by atoms with E-state index in [0.717, 1.165) is 32.8 Å². The maximum absolute atomic E-state index is 5.99. The minimum absolute atomic E-state index is 0.364. The average molecular weight is 317 g/mol. The van der Waals surface area contributed by atoms with Gasteiger partial charge in [0.2, 0.25) is 5.95 Å². The number of fused-ring (bicyclic) bond motifs is 1. The van der Waals surface area contributed by atoms with Crippen LogP contribution in [0, 0.1) is 11.8 Å². The first-order chi connectivity index (χ1) is 10.9. The summed E-state index contributed by atoms with van der Waals surface area (Å²) < 4.78 is 5.99. The molecule has 6 nitrogen and oxygen atoms in total. The molecule has 0 bridgehead atoms. The van der Waals surface area contributed by atoms with Gasteiger partial charge >= 0.3 is 0 Å². The summed E-state index contributed by atoms with van der Waals surface area (Å²) >= 11 is 1.72. The van der Waals surface area contributed by atoms with E-state index >= 15 is 0 Å². The molecule has 0 saturated carbocycles. The molecule has 22 heavy (non-hydrogen) atoms. The number of rotatable bonds is 5. The Morgan fingerprint density at radius 2 is 2.14 bits per heavy atom. The van der Waals surface area contributed by atoms with Gasteiger partial charge in [-0.2, -0.15) is 0 Å². The highest BCUT2D eigenvalue weighted by Crippen LogP contribution is 2.34. The molecule has 2 aromatic rings. The van der Waals surface area contributed by atoms with E-state index in [1.165, 1.54) is 5.01 Å². The standard InChI is InChI=1S/C15H19N5OS/c1-2-17-15(18-3-1)19-6-11-10-21-13-8-20(7-12(11)13)9-14-16-4-5-22-14/h1-5,11-13H,6-10H2,(H,17,18,19)/t11-,12+,13+/m1/s1. The first-order valence-electron chi connectivity index (χ1n) is 7.62. The van der Waals surface area contributed by atoms with Gasteiger partial charge in [-0.15, -0.1) is 11.3 Å². The molecule has 0 aliphatic carbocycles. The number of thiazole rings is 1. The summed E-state index contributed by atoms with van der Waals surface area (Å²) in [4.78, 5) is 15.3. The van der Waals surface area contributed by atoms with E-state index in [1.807, 2.05) is 17.6 Å². The van der Waals surface area contributed by atoms with Crippen molar-refractivity contribution in [1.82, 2.24) is 19.9 Å². The maximum Gasteiger partial charge on any atom is 0.222 e. The third kappa shape index (κ3) is 2.97. The fourth-order valence-electron chi connectivity index (χ4n) is 3.35. The second-order valence-electron chi connectivity index (χ2n) is 5.87. The number of aromatic nitrogens is 3. The van der Waals surface area contributed by atoms with Crippen molar-refractivity contribution in [1.29, 1.82) is 0 Å². The molecule has 0 unspecified atom stereocenters. The molecule has 1 N–H and O–H groups in total. The molecule has 0 amide bonds. The Kier molecular flexibility index (Phi) is 4.01. The molecule has 0 radical (unpaired) electrons. The van der Waals surface area contributed by atoms with Crippen LogP contribution in [0.3, 0.4) is 0 Å². The van der Waals surface area contributed by atoms with E-state index in [-0.39, 0.29) is 0 Å². The molecule has 2 fully saturated rings. The second kappa shape index (κ2) is 6.28. The minimum atomic E-state index is 0.364. The van der Waals surface area contributed by atoms with Crippen molar-refractivity contribution in [3.8, 4) is 0 Å². The lowest BCUT2D eigenvalue weighted by Gasteiger charge is -2.19. The minimum Gasteiger partial charge on any atom is -0.376 e. The van der Waals surface area contributed by atoms with E-state index in [0.29, 0.717) is 23.9 Å². The van der Waals surface area contributed by atoms with Crippen LogP contribution in [0.4, 0.5) is 5.95 Å². The van der Waals surface area contributed by atoms with E-state index in [1.54, 1.807) is 23.7 Å². The van der Waals surface area contributed by atoms with Crippen LogP contribution in [-0.2, 0) is 11.3 Å². The van der Waals surface area contributed by atoms with Crippen LogP contribution < -0.4 is 5.32 Å². The van der Waals surface area contributed by atoms with Crippen molar-refractivity contribution in [2.24, 2.45) is 11.8 Å². The number of nitrogens with one attached hydrogen (secondary N) is 1. The number of likely N-dealkylation sites (tertiary alicyclic amines) is 1. The summed E-state index contributed by atoms with van der Waals surface area (Å²) in [5, 5.41) is 6.55. The van der Waals surface area contributed by atoms with Crippen molar-refractivity contribution in [3.05, 3.63) is 35.0 Å². The van der Waals surface area contributed by atoms with Crippen molar-refractivity contribution in [3.63, 3.8) is 0 Å². The largest absolute Gasteiger partial charge is 0.376 e. The van der Waals surface area contributed by atoms with Gasteiger partial charge in [0.25, 0.3) is 0 Å². The Labute approximate surface area is 133 Å². The van der Waals surface area contributed by atoms with E-state index in [2.05, 4.69) is 25.2 Å². The Hall–Kier alpha value is -1.57. The molecule has 3 atom stereocenters. The molecule has 4 heterocycles. The summed E-state index contributed by atoms with van der Waals surface area (Å²) in [5.41, 5.74) is 0. The third-order valence-corrected chi connectivity index (χ3v) is 5.21. The molecule has 4 rings (SSSR count). The van der Waals surface area contributed by atoms with E-state index in [4.69, 9.17) is 4.74 Å². The molecule has 0 spiro atoms. The molecular weight excluding hydrogens is 298 g/mol. The predicted molar refractivity (Wildman–Crippen MR) is 84.6 cm³/mol. The smallest absolute Gasteiger partial charge is 0.222 e. The van der Waals surface area contributed by atoms with Gasteiger partial charge in [0, 0.05) is 55.4 Å². The van der Waals surface area contributed by atoms with Gasteiger partial charge in [-0.3, -0.25) is 4.90 Å². The molecule has 2 saturated heterocycles. The van der Waals surface area contributed by atoms with Gasteiger partial charge in [0.1, 0.15) is 5.01 Å². The van der Waals surface area contributed by atoms with Crippen molar-refractivity contribution in [2.45, 2.75) is 12.6 Å². The topological polar surface area (TPSA) is 63.2 Å². The average Bonchev–Trinajstić information content (AvgIpc) is 3.25. The zero-order valence-corrected chi connectivity index (χ0v) is 13.1. The first-order valence-corrected chi connectivity index (χ1v) is 8.49. The Balaban J connectivity index is 1.32. The SMILES string of the molecule is c1cnc(NC[C@@H]2CO[C@H]3CN(Cc4nccs4)C[C@@H]23)nc1. The van der Waals surface area contributed by atoms with Crippen LogP contribution in [0.5, 0.6) is 0 Å². The monoisotopic (exact) mass is 317 g/mol. The first kappa shape index (κ1) is 14.0. The highest BCUT2D eigenvalue weighted by Gasteiger charge is 2.43. The van der Waals surface area contributed by atoms with E-state index < -0.39 is 0 Å². The fourth-order valence-corrected chi connectivity index (χ4v) is 4.01. The Morgan fingerprint density at radius 1 is 1.23 bits per heavy atom. The number of hydrogen-bond donors (Lipinski definition) is 1. The van der Waals surface area contributed by atoms with Crippen molar-refractivity contribution < 1.29 is 4.74 Å². The summed E-state index contributed by atoms with van der Waals surface area (Å²) in [5.74, 6) is 1.81. The summed E-state index contributed by atoms with van der Waals surface area (Å²) in [6, 6.07) is 1.83. The third-order valence-electron chi connectivity index (χ3n) is 4.45. The van der Waals surface area contributed by atoms with Crippen LogP contribution in [0.15, 0.2) is 30.0 Å². The number of ether oxygens (including phenoxy) is 1. The van der Waals surface area contributed by atoms with Crippen LogP contribution in [-0.4, -0.2) is 52.2 Å². The molecule has 0 aromatic carbocycles. The number of hydrogen-bond acceptors (Lipinski definition) is 7. The molecule has 2 aliphatic rings. The lowest BCUT2D eigenvalue weighted by molar-refractivity contribution is 0.0946. The molecule has 2 aliphatic heterocycles. The highest BCUT2D eigenvalue weighted by atomic mass is 32.1. The van der Waals surface area contributed by atoms with Gasteiger partial charge in [-0.25, -0.2) is 15.0 Å². The zero-order chi connectivity index (χ0) is 14.8. The molecule has 7 heteroatoms. The van der Waals surface area contributed by atoms with Gasteiger partial charge in [0.15, 0.2) is 0 Å². The van der Waals surface area contributed by atoms with Crippen LogP contribution in [0.25, 0.3) is 0 Å². The second-order valence-corrected chi connectivity index (χ2v) is 6.85. The highest BCUT2D eigenvalue weighted by molar-refractivity contribution is 7.09. The van der Waals surface area contributed by atoms with Crippen LogP contribution in [0.1, 0.15) is 5.01 Å². The molecule has 116 valence electrons. The summed E-state index contributed by atoms with van der Waals surface area (Å²) in [7, 11) is 0. The number of nitrogens with zero attached hydrogens (tertiary/aromatic N) is 4. The lowest BCUT2D eigenvalue weighted by atomic mass is 9.93. The van der Waals surface area contributed by atoms with Gasteiger partial charge < -0.3 is 10.1 Å². The quantitative estimate of drug-likeness (QED) is 0.901. The van der Waals surface area contributed by atoms with Gasteiger partial charge in [0.05, 0.1) is 19.3 Å². The Bertz CT molecular complexity index is 593. The Morgan fingerprint density at radius 3 is 2.95 bits per heavy atom. The van der Waals surface area contributed by atoms with Gasteiger partial charge in [-0.05, 0) is 6.07 Å². The predicted octanol–water partition coefficient (Wildman–Crippen LogP) is 1.49. The van der Waals surface area contributed by atoms with E-state index in [9.17, 15) is 0 Å². The normalized spacial score (nSPS) is 27.9. The van der Waals surface area contributed by atoms with Crippen molar-refractivity contribution in [2.75, 3.05) is 31.6 Å². The lowest BCUT2D eigenvalue weighted by Crippen LogP contribution is -2.27. The summed E-state index contributed by atoms with van der Waals surface area (Å²) in [6.07, 6.45) is 5.76. The molecular formula is C15H19N5OS. The van der Waals surface area contributed by atoms with Crippen LogP contribution in [0.2, 0.25) is 0 Å². The molecule has 2 aromatic heterocycles. The number of anilines is 1.